The molecule has 0 N–H and O–H groups in total. The molecular weight excluding hydrogens is 272 g/mol. The lowest BCUT2D eigenvalue weighted by atomic mass is 10.2. The van der Waals surface area contributed by atoms with E-state index in [1.165, 1.54) is 9.08 Å². The number of para-hydroxylation sites is 2. The van der Waals surface area contributed by atoms with E-state index in [0.717, 1.165) is 0 Å². The molecular formula is C14H14N4O3. The minimum Gasteiger partial charge on any atom is -0.817 e. The van der Waals surface area contributed by atoms with Crippen molar-refractivity contribution in [2.45, 2.75) is 20.0 Å². The molecule has 2 aromatic heterocycles. The fraction of sp³-hybridized carbons (Fsp3) is 0.286. The Bertz CT molecular complexity index is 854. The number of fused-ring (bicyclic) bond motifs is 3. The molecule has 0 saturated carbocycles. The highest BCUT2D eigenvalue weighted by atomic mass is 16.5. The third-order valence-electron chi connectivity index (χ3n) is 3.05. The van der Waals surface area contributed by atoms with E-state index in [9.17, 15) is 9.90 Å². The zero-order valence-electron chi connectivity index (χ0n) is 11.9. The van der Waals surface area contributed by atoms with Crippen molar-refractivity contribution in [3.05, 3.63) is 30.0 Å². The Kier molecular flexibility index (Phi) is 2.97. The number of rotatable bonds is 2. The van der Waals surface area contributed by atoms with Gasteiger partial charge in [0, 0.05) is 5.10 Å². The molecule has 21 heavy (non-hydrogen) atoms. The lowest BCUT2D eigenvalue weighted by Crippen LogP contribution is -2.30. The zero-order valence-corrected chi connectivity index (χ0v) is 11.9. The fourth-order valence-electron chi connectivity index (χ4n) is 2.26. The summed E-state index contributed by atoms with van der Waals surface area (Å²) in [5.74, 6) is -0.573. The van der Waals surface area contributed by atoms with Crippen LogP contribution >= 0.6 is 0 Å². The predicted molar refractivity (Wildman–Crippen MR) is 71.7 cm³/mol. The van der Waals surface area contributed by atoms with Crippen molar-refractivity contribution < 1.29 is 19.0 Å². The van der Waals surface area contributed by atoms with Crippen LogP contribution in [-0.2, 0) is 11.8 Å². The van der Waals surface area contributed by atoms with Crippen molar-refractivity contribution in [3.63, 3.8) is 0 Å². The molecule has 0 amide bonds. The zero-order chi connectivity index (χ0) is 15.1. The first-order chi connectivity index (χ1) is 9.99. The van der Waals surface area contributed by atoms with Crippen LogP contribution in [0.15, 0.2) is 24.3 Å². The summed E-state index contributed by atoms with van der Waals surface area (Å²) in [5.41, 5.74) is 1.55. The van der Waals surface area contributed by atoms with Gasteiger partial charge in [-0.2, -0.15) is 4.40 Å². The molecule has 0 saturated heterocycles. The number of benzene rings is 1. The van der Waals surface area contributed by atoms with Crippen LogP contribution < -0.4 is 9.51 Å². The Balaban J connectivity index is 2.39. The molecule has 2 heterocycles. The van der Waals surface area contributed by atoms with Gasteiger partial charge in [-0.25, -0.2) is 9.78 Å². The Morgan fingerprint density at radius 3 is 2.81 bits per heavy atom. The number of ether oxygens (including phenoxy) is 1. The summed E-state index contributed by atoms with van der Waals surface area (Å²) in [6, 6.07) is 6.63. The average Bonchev–Trinajstić information content (AvgIpc) is 2.73. The quantitative estimate of drug-likeness (QED) is 0.501. The number of hydrogen-bond donors (Lipinski definition) is 0. The first-order valence-electron chi connectivity index (χ1n) is 6.54. The number of nitrogens with zero attached hydrogens (tertiary/aromatic N) is 4. The van der Waals surface area contributed by atoms with Crippen LogP contribution in [0, 0.1) is 0 Å². The number of hydrogen-bond acceptors (Lipinski definition) is 5. The smallest absolute Gasteiger partial charge is 0.364 e. The first kappa shape index (κ1) is 13.3. The lowest BCUT2D eigenvalue weighted by Gasteiger charge is -2.08. The van der Waals surface area contributed by atoms with Crippen LogP contribution in [0.3, 0.4) is 0 Å². The highest BCUT2D eigenvalue weighted by molar-refractivity contribution is 5.94. The lowest BCUT2D eigenvalue weighted by molar-refractivity contribution is -0.565. The molecule has 3 rings (SSSR count). The summed E-state index contributed by atoms with van der Waals surface area (Å²) >= 11 is 0. The van der Waals surface area contributed by atoms with Crippen LogP contribution in [0.25, 0.3) is 16.7 Å². The molecule has 0 aliphatic heterocycles. The van der Waals surface area contributed by atoms with Gasteiger partial charge in [-0.15, -0.1) is 4.68 Å². The minimum absolute atomic E-state index is 0.0829. The maximum absolute atomic E-state index is 12.2. The van der Waals surface area contributed by atoms with E-state index < -0.39 is 12.0 Å². The molecule has 0 spiro atoms. The summed E-state index contributed by atoms with van der Waals surface area (Å²) < 4.78 is 7.92. The maximum Gasteiger partial charge on any atom is 0.364 e. The second kappa shape index (κ2) is 4.69. The Hall–Kier alpha value is -2.70. The van der Waals surface area contributed by atoms with Crippen molar-refractivity contribution >= 4 is 22.6 Å². The standard InChI is InChI=1S/C14H14N4O3/c1-8(2)21-13(19)11-12-17(3)16-14(20)18(12)10-7-5-4-6-9(10)15-11/h4-8H,1-3H3. The van der Waals surface area contributed by atoms with Crippen molar-refractivity contribution in [1.82, 2.24) is 14.8 Å². The normalized spacial score (nSPS) is 11.4. The molecule has 7 nitrogen and oxygen atoms in total. The van der Waals surface area contributed by atoms with Gasteiger partial charge in [0.25, 0.3) is 5.65 Å². The van der Waals surface area contributed by atoms with E-state index in [4.69, 9.17) is 4.74 Å². The summed E-state index contributed by atoms with van der Waals surface area (Å²) in [5, 5.41) is 15.9. The molecule has 7 heteroatoms. The number of aromatic nitrogens is 4. The number of carbonyl (C=O) groups is 1. The van der Waals surface area contributed by atoms with Gasteiger partial charge in [0.05, 0.1) is 13.2 Å². The fourth-order valence-corrected chi connectivity index (χ4v) is 2.26. The van der Waals surface area contributed by atoms with Gasteiger partial charge in [-0.05, 0) is 26.0 Å². The summed E-state index contributed by atoms with van der Waals surface area (Å²) in [6.45, 7) is 3.51. The SMILES string of the molecule is CC(C)OC(=O)c1nc2ccccc2[n+]2c([O-])nn(C)c12. The van der Waals surface area contributed by atoms with Crippen LogP contribution in [0.4, 0.5) is 0 Å². The van der Waals surface area contributed by atoms with E-state index in [-0.39, 0.29) is 11.8 Å². The van der Waals surface area contributed by atoms with E-state index in [0.29, 0.717) is 16.7 Å². The number of aryl methyl sites for hydroxylation is 1. The van der Waals surface area contributed by atoms with Crippen LogP contribution in [0.1, 0.15) is 24.3 Å². The Morgan fingerprint density at radius 2 is 2.10 bits per heavy atom. The first-order valence-corrected chi connectivity index (χ1v) is 6.54. The molecule has 3 aromatic rings. The van der Waals surface area contributed by atoms with Crippen molar-refractivity contribution in [1.29, 1.82) is 0 Å². The molecule has 0 aliphatic rings. The highest BCUT2D eigenvalue weighted by Crippen LogP contribution is 2.15. The van der Waals surface area contributed by atoms with E-state index in [2.05, 4.69) is 10.1 Å². The van der Waals surface area contributed by atoms with Gasteiger partial charge in [-0.1, -0.05) is 12.1 Å². The van der Waals surface area contributed by atoms with Crippen LogP contribution in [-0.4, -0.2) is 26.8 Å². The Morgan fingerprint density at radius 1 is 1.38 bits per heavy atom. The number of esters is 1. The van der Waals surface area contributed by atoms with E-state index in [1.807, 2.05) is 0 Å². The second-order valence-corrected chi connectivity index (χ2v) is 4.97. The predicted octanol–water partition coefficient (Wildman–Crippen LogP) is 0.346. The monoisotopic (exact) mass is 286 g/mol. The molecule has 0 radical (unpaired) electrons. The summed E-state index contributed by atoms with van der Waals surface area (Å²) in [6.07, 6.45) is -0.272. The minimum atomic E-state index is -0.573. The van der Waals surface area contributed by atoms with Gasteiger partial charge in [0.15, 0.2) is 0 Å². The molecule has 1 aromatic carbocycles. The molecule has 0 bridgehead atoms. The van der Waals surface area contributed by atoms with Gasteiger partial charge in [0.2, 0.25) is 11.7 Å². The topological polar surface area (TPSA) is 84.2 Å². The van der Waals surface area contributed by atoms with Gasteiger partial charge in [-0.3, -0.25) is 0 Å². The van der Waals surface area contributed by atoms with E-state index >= 15 is 0 Å². The summed E-state index contributed by atoms with van der Waals surface area (Å²) in [4.78, 5) is 16.6. The number of carbonyl (C=O) groups excluding carboxylic acids is 1. The molecule has 0 aliphatic carbocycles. The third kappa shape index (κ3) is 2.06. The second-order valence-electron chi connectivity index (χ2n) is 4.97. The highest BCUT2D eigenvalue weighted by Gasteiger charge is 2.26. The van der Waals surface area contributed by atoms with Crippen molar-refractivity contribution in [2.75, 3.05) is 0 Å². The van der Waals surface area contributed by atoms with Gasteiger partial charge >= 0.3 is 5.97 Å². The van der Waals surface area contributed by atoms with Crippen LogP contribution in [0.5, 0.6) is 6.01 Å². The maximum atomic E-state index is 12.2. The van der Waals surface area contributed by atoms with Crippen LogP contribution in [0.2, 0.25) is 0 Å². The molecule has 0 fully saturated rings. The van der Waals surface area contributed by atoms with E-state index in [1.54, 1.807) is 45.2 Å². The van der Waals surface area contributed by atoms with Gasteiger partial charge < -0.3 is 9.84 Å². The van der Waals surface area contributed by atoms with Gasteiger partial charge in [0.1, 0.15) is 11.0 Å². The molecule has 0 unspecified atom stereocenters. The largest absolute Gasteiger partial charge is 0.817 e. The third-order valence-corrected chi connectivity index (χ3v) is 3.05. The molecule has 108 valence electrons. The summed E-state index contributed by atoms with van der Waals surface area (Å²) in [7, 11) is 1.60. The van der Waals surface area contributed by atoms with Crippen molar-refractivity contribution in [3.8, 4) is 6.01 Å². The Labute approximate surface area is 120 Å². The van der Waals surface area contributed by atoms with Crippen molar-refractivity contribution in [2.24, 2.45) is 7.05 Å². The average molecular weight is 286 g/mol. The molecule has 0 atom stereocenters.